The van der Waals surface area contributed by atoms with E-state index in [4.69, 9.17) is 10.6 Å². The molecule has 0 spiro atoms. The third-order valence-electron chi connectivity index (χ3n) is 1.02. The summed E-state index contributed by atoms with van der Waals surface area (Å²) in [5.41, 5.74) is 6.08. The monoisotopic (exact) mass is 199 g/mol. The second kappa shape index (κ2) is 4.41. The molecule has 0 aromatic heterocycles. The highest BCUT2D eigenvalue weighted by molar-refractivity contribution is 5.64. The number of carbonyl (C=O) groups is 1. The minimum atomic E-state index is -4.70. The van der Waals surface area contributed by atoms with E-state index in [1.54, 1.807) is 0 Å². The third kappa shape index (κ3) is 4.75. The van der Waals surface area contributed by atoms with E-state index >= 15 is 0 Å². The Bertz CT molecular complexity index is 234. The lowest BCUT2D eigenvalue weighted by Crippen LogP contribution is -2.39. The molecular weight excluding hydrogens is 193 g/mol. The molecule has 0 bridgehead atoms. The average Bonchev–Trinajstić information content (AvgIpc) is 1.95. The first-order chi connectivity index (χ1) is 5.88. The van der Waals surface area contributed by atoms with Gasteiger partial charge in [0.25, 0.3) is 0 Å². The molecule has 0 aliphatic heterocycles. The van der Waals surface area contributed by atoms with Crippen LogP contribution in [-0.2, 0) is 0 Å². The minimum absolute atomic E-state index is 0.943. The van der Waals surface area contributed by atoms with E-state index in [0.717, 1.165) is 0 Å². The van der Waals surface area contributed by atoms with Crippen molar-refractivity contribution in [3.8, 4) is 0 Å². The van der Waals surface area contributed by atoms with Crippen LogP contribution < -0.4 is 10.2 Å². The highest BCUT2D eigenvalue weighted by atomic mass is 19.4. The molecule has 1 amide bonds. The van der Waals surface area contributed by atoms with Crippen molar-refractivity contribution in [2.45, 2.75) is 12.2 Å². The molecule has 74 valence electrons. The standard InChI is InChI=1S/C4H5F3N4O2/c5-4(6,7)2(10-11-8)1-9-3(12)13/h2,8-9H,1H2/p+1. The molecule has 0 aromatic carbocycles. The Hall–Kier alpha value is -1.63. The predicted molar refractivity (Wildman–Crippen MR) is 33.2 cm³/mol. The van der Waals surface area contributed by atoms with Gasteiger partial charge in [0.15, 0.2) is 0 Å². The van der Waals surface area contributed by atoms with Crippen LogP contribution in [-0.4, -0.2) is 30.0 Å². The van der Waals surface area contributed by atoms with Gasteiger partial charge >= 0.3 is 12.3 Å². The molecule has 1 atom stereocenters. The summed E-state index contributed by atoms with van der Waals surface area (Å²) in [4.78, 5) is 12.0. The SMILES string of the molecule is N=[N+]=NC(CNC(=O)O)C(F)(F)F. The number of hydrogen-bond donors (Lipinski definition) is 3. The van der Waals surface area contributed by atoms with Crippen LogP contribution in [0.2, 0.25) is 0 Å². The quantitative estimate of drug-likeness (QED) is 0.461. The van der Waals surface area contributed by atoms with Gasteiger partial charge in [0.05, 0.1) is 6.54 Å². The lowest BCUT2D eigenvalue weighted by molar-refractivity contribution is -0.147. The molecule has 0 radical (unpaired) electrons. The zero-order valence-electron chi connectivity index (χ0n) is 6.17. The highest BCUT2D eigenvalue weighted by Gasteiger charge is 2.43. The molecule has 0 aliphatic rings. The number of alkyl halides is 3. The fourth-order valence-electron chi connectivity index (χ4n) is 0.476. The Morgan fingerprint density at radius 1 is 1.69 bits per heavy atom. The minimum Gasteiger partial charge on any atom is -0.465 e. The molecule has 0 saturated carbocycles. The second-order valence-electron chi connectivity index (χ2n) is 1.96. The zero-order chi connectivity index (χ0) is 10.5. The van der Waals surface area contributed by atoms with E-state index in [-0.39, 0.29) is 0 Å². The molecular formula is C4H6F3N4O2+. The van der Waals surface area contributed by atoms with Gasteiger partial charge in [-0.05, 0) is 0 Å². The van der Waals surface area contributed by atoms with Crippen LogP contribution in [0.3, 0.4) is 0 Å². The molecule has 0 aliphatic carbocycles. The van der Waals surface area contributed by atoms with Crippen LogP contribution in [0, 0.1) is 5.53 Å². The van der Waals surface area contributed by atoms with Gasteiger partial charge in [0, 0.05) is 0 Å². The summed E-state index contributed by atoms with van der Waals surface area (Å²) in [7, 11) is 0. The zero-order valence-corrected chi connectivity index (χ0v) is 6.17. The number of nitrogens with one attached hydrogen (secondary N) is 2. The fraction of sp³-hybridized carbons (Fsp3) is 0.750. The number of nitrogens with zero attached hydrogens (tertiary/aromatic N) is 2. The second-order valence-corrected chi connectivity index (χ2v) is 1.96. The smallest absolute Gasteiger partial charge is 0.419 e. The van der Waals surface area contributed by atoms with Crippen LogP contribution in [0.25, 0.3) is 0 Å². The normalized spacial score (nSPS) is 12.8. The van der Waals surface area contributed by atoms with E-state index in [1.165, 1.54) is 5.32 Å². The van der Waals surface area contributed by atoms with Crippen LogP contribution >= 0.6 is 0 Å². The summed E-state index contributed by atoms with van der Waals surface area (Å²) < 4.78 is 35.7. The Morgan fingerprint density at radius 2 is 2.23 bits per heavy atom. The first kappa shape index (κ1) is 11.4. The van der Waals surface area contributed by atoms with Crippen molar-refractivity contribution in [3.05, 3.63) is 0 Å². The largest absolute Gasteiger partial charge is 0.465 e. The van der Waals surface area contributed by atoms with Crippen LogP contribution in [0.5, 0.6) is 0 Å². The summed E-state index contributed by atoms with van der Waals surface area (Å²) in [6.45, 7) is -0.943. The molecule has 13 heavy (non-hydrogen) atoms. The van der Waals surface area contributed by atoms with Crippen molar-refractivity contribution in [1.29, 1.82) is 5.53 Å². The van der Waals surface area contributed by atoms with Crippen LogP contribution in [0.4, 0.5) is 18.0 Å². The van der Waals surface area contributed by atoms with Crippen molar-refractivity contribution in [1.82, 2.24) is 10.2 Å². The lowest BCUT2D eigenvalue weighted by Gasteiger charge is -2.09. The first-order valence-corrected chi connectivity index (χ1v) is 2.98. The van der Waals surface area contributed by atoms with Crippen molar-refractivity contribution in [2.24, 2.45) is 5.11 Å². The molecule has 0 rings (SSSR count). The first-order valence-electron chi connectivity index (χ1n) is 2.98. The maximum absolute atomic E-state index is 11.9. The van der Waals surface area contributed by atoms with Gasteiger partial charge in [-0.25, -0.2) is 4.79 Å². The molecule has 6 nitrogen and oxygen atoms in total. The van der Waals surface area contributed by atoms with E-state index < -0.39 is 24.9 Å². The van der Waals surface area contributed by atoms with Gasteiger partial charge in [-0.15, -0.1) is 0 Å². The highest BCUT2D eigenvalue weighted by Crippen LogP contribution is 2.21. The molecule has 9 heteroatoms. The fourth-order valence-corrected chi connectivity index (χ4v) is 0.476. The van der Waals surface area contributed by atoms with Gasteiger partial charge in [-0.2, -0.15) is 13.2 Å². The van der Waals surface area contributed by atoms with Gasteiger partial charge < -0.3 is 10.4 Å². The Balaban J connectivity index is 4.27. The number of hydrogen-bond acceptors (Lipinski definition) is 3. The summed E-state index contributed by atoms with van der Waals surface area (Å²) in [5, 5.41) is 12.0. The van der Waals surface area contributed by atoms with Crippen LogP contribution in [0.15, 0.2) is 5.11 Å². The topological polar surface area (TPSA) is 99.6 Å². The molecule has 0 heterocycles. The van der Waals surface area contributed by atoms with Crippen molar-refractivity contribution in [2.75, 3.05) is 6.54 Å². The van der Waals surface area contributed by atoms with E-state index in [9.17, 15) is 18.0 Å². The summed E-state index contributed by atoms with van der Waals surface area (Å²) in [6.07, 6.45) is -6.29. The molecule has 0 saturated heterocycles. The molecule has 3 N–H and O–H groups in total. The van der Waals surface area contributed by atoms with Crippen molar-refractivity contribution < 1.29 is 23.1 Å². The van der Waals surface area contributed by atoms with Gasteiger partial charge in [-0.3, -0.25) is 0 Å². The maximum atomic E-state index is 11.9. The predicted octanol–water partition coefficient (Wildman–Crippen LogP) is 0.735. The summed E-state index contributed by atoms with van der Waals surface area (Å²) in [6, 6.07) is -2.30. The van der Waals surface area contributed by atoms with Gasteiger partial charge in [0.2, 0.25) is 11.0 Å². The number of carboxylic acid groups (broad SMARTS) is 1. The van der Waals surface area contributed by atoms with Crippen molar-refractivity contribution >= 4 is 6.09 Å². The number of amides is 1. The molecule has 0 aromatic rings. The summed E-state index contributed by atoms with van der Waals surface area (Å²) >= 11 is 0. The third-order valence-corrected chi connectivity index (χ3v) is 1.02. The Labute approximate surface area is 70.0 Å². The molecule has 0 fully saturated rings. The lowest BCUT2D eigenvalue weighted by atomic mass is 10.3. The van der Waals surface area contributed by atoms with E-state index in [2.05, 4.69) is 10.0 Å². The number of rotatable bonds is 3. The van der Waals surface area contributed by atoms with Crippen LogP contribution in [0.1, 0.15) is 0 Å². The van der Waals surface area contributed by atoms with E-state index in [1.807, 2.05) is 0 Å². The van der Waals surface area contributed by atoms with E-state index in [0.29, 0.717) is 0 Å². The number of halogens is 3. The molecule has 1 unspecified atom stereocenters. The van der Waals surface area contributed by atoms with Gasteiger partial charge in [0.1, 0.15) is 10.6 Å². The summed E-state index contributed by atoms with van der Waals surface area (Å²) in [5.74, 6) is 0. The average molecular weight is 199 g/mol. The van der Waals surface area contributed by atoms with Crippen molar-refractivity contribution in [3.63, 3.8) is 0 Å². The maximum Gasteiger partial charge on any atom is 0.419 e. The Morgan fingerprint density at radius 3 is 2.54 bits per heavy atom. The Kier molecular flexibility index (Phi) is 3.86. The van der Waals surface area contributed by atoms with Gasteiger partial charge in [-0.1, -0.05) is 0 Å².